The molecule has 0 amide bonds. The maximum atomic E-state index is 12.3. The van der Waals surface area contributed by atoms with Gasteiger partial charge in [0, 0.05) is 6.07 Å². The molecule has 0 bridgehead atoms. The molecule has 7 nitrogen and oxygen atoms in total. The highest BCUT2D eigenvalue weighted by Gasteiger charge is 2.32. The van der Waals surface area contributed by atoms with E-state index in [-0.39, 0.29) is 17.0 Å². The largest absolute Gasteiger partial charge is 0.573 e. The average molecular weight is 367 g/mol. The SMILES string of the molecule is [B]c1ccc([N+](=O)[O-])c(Oc2ccc(OC(F)(F)F)cc2C(=O)OC)c1. The first-order valence-electron chi connectivity index (χ1n) is 6.80. The number of nitro groups is 1. The van der Waals surface area contributed by atoms with Crippen LogP contribution in [0.5, 0.6) is 17.2 Å². The van der Waals surface area contributed by atoms with Crippen molar-refractivity contribution in [1.29, 1.82) is 0 Å². The molecule has 0 saturated heterocycles. The summed E-state index contributed by atoms with van der Waals surface area (Å²) >= 11 is 0. The van der Waals surface area contributed by atoms with Crippen molar-refractivity contribution in [1.82, 2.24) is 0 Å². The molecule has 0 fully saturated rings. The maximum absolute atomic E-state index is 12.3. The molecule has 2 rings (SSSR count). The summed E-state index contributed by atoms with van der Waals surface area (Å²) < 4.78 is 50.5. The summed E-state index contributed by atoms with van der Waals surface area (Å²) in [7, 11) is 6.57. The molecule has 0 unspecified atom stereocenters. The zero-order valence-electron chi connectivity index (χ0n) is 13.1. The summed E-state index contributed by atoms with van der Waals surface area (Å²) in [5.74, 6) is -2.30. The number of hydrogen-bond donors (Lipinski definition) is 0. The lowest BCUT2D eigenvalue weighted by atomic mass is 9.96. The van der Waals surface area contributed by atoms with Crippen molar-refractivity contribution in [2.45, 2.75) is 6.36 Å². The van der Waals surface area contributed by atoms with Gasteiger partial charge >= 0.3 is 18.0 Å². The molecule has 0 spiro atoms. The Morgan fingerprint density at radius 1 is 1.15 bits per heavy atom. The van der Waals surface area contributed by atoms with E-state index in [4.69, 9.17) is 12.6 Å². The third kappa shape index (κ3) is 4.65. The summed E-state index contributed by atoms with van der Waals surface area (Å²) in [6.07, 6.45) is -4.97. The summed E-state index contributed by atoms with van der Waals surface area (Å²) in [4.78, 5) is 22.1. The second-order valence-corrected chi connectivity index (χ2v) is 4.78. The first kappa shape index (κ1) is 19.1. The number of nitro benzene ring substituents is 1. The average Bonchev–Trinajstić information content (AvgIpc) is 2.54. The van der Waals surface area contributed by atoms with E-state index in [0.29, 0.717) is 0 Å². The summed E-state index contributed by atoms with van der Waals surface area (Å²) in [5, 5.41) is 11.1. The van der Waals surface area contributed by atoms with Crippen molar-refractivity contribution >= 4 is 25.0 Å². The Morgan fingerprint density at radius 2 is 1.85 bits per heavy atom. The number of methoxy groups -OCH3 is 1. The van der Waals surface area contributed by atoms with Gasteiger partial charge in [0.2, 0.25) is 5.75 Å². The molecule has 26 heavy (non-hydrogen) atoms. The van der Waals surface area contributed by atoms with Crippen LogP contribution in [0.4, 0.5) is 18.9 Å². The van der Waals surface area contributed by atoms with E-state index in [1.165, 1.54) is 6.07 Å². The molecule has 0 N–H and O–H groups in total. The predicted octanol–water partition coefficient (Wildman–Crippen LogP) is 2.87. The highest BCUT2D eigenvalue weighted by Crippen LogP contribution is 2.35. The van der Waals surface area contributed by atoms with Crippen LogP contribution < -0.4 is 14.9 Å². The standard InChI is InChI=1S/C15H9BF3NO6/c1-24-14(21)10-7-9(26-15(17,18)19)3-5-12(10)25-13-6-8(16)2-4-11(13)20(22)23/h2-7H,1H3. The molecular weight excluding hydrogens is 358 g/mol. The van der Waals surface area contributed by atoms with E-state index in [1.807, 2.05) is 0 Å². The van der Waals surface area contributed by atoms with Crippen LogP contribution >= 0.6 is 0 Å². The van der Waals surface area contributed by atoms with Gasteiger partial charge in [0.25, 0.3) is 0 Å². The van der Waals surface area contributed by atoms with Gasteiger partial charge in [-0.1, -0.05) is 11.5 Å². The fourth-order valence-corrected chi connectivity index (χ4v) is 1.95. The van der Waals surface area contributed by atoms with E-state index in [2.05, 4.69) is 9.47 Å². The van der Waals surface area contributed by atoms with Crippen LogP contribution in [0, 0.1) is 10.1 Å². The molecule has 11 heteroatoms. The molecule has 0 heterocycles. The first-order valence-corrected chi connectivity index (χ1v) is 6.80. The lowest BCUT2D eigenvalue weighted by Gasteiger charge is -2.14. The van der Waals surface area contributed by atoms with E-state index in [1.54, 1.807) is 0 Å². The van der Waals surface area contributed by atoms with Gasteiger partial charge in [-0.05, 0) is 24.3 Å². The molecule has 0 aromatic heterocycles. The number of nitrogens with zero attached hydrogens (tertiary/aromatic N) is 1. The number of halogens is 3. The number of alkyl halides is 3. The van der Waals surface area contributed by atoms with E-state index < -0.39 is 34.3 Å². The quantitative estimate of drug-likeness (QED) is 0.350. The van der Waals surface area contributed by atoms with Gasteiger partial charge in [0.1, 0.15) is 24.9 Å². The van der Waals surface area contributed by atoms with Gasteiger partial charge in [0.05, 0.1) is 12.0 Å². The maximum Gasteiger partial charge on any atom is 0.573 e. The molecular formula is C15H9BF3NO6. The van der Waals surface area contributed by atoms with Gasteiger partial charge in [0.15, 0.2) is 0 Å². The smallest absolute Gasteiger partial charge is 0.465 e. The molecule has 134 valence electrons. The Kier molecular flexibility index (Phi) is 5.39. The second kappa shape index (κ2) is 7.34. The monoisotopic (exact) mass is 367 g/mol. The third-order valence-electron chi connectivity index (χ3n) is 2.99. The summed E-state index contributed by atoms with van der Waals surface area (Å²) in [6.45, 7) is 0. The fraction of sp³-hybridized carbons (Fsp3) is 0.133. The van der Waals surface area contributed by atoms with Crippen molar-refractivity contribution in [3.63, 3.8) is 0 Å². The van der Waals surface area contributed by atoms with Crippen LogP contribution in [-0.4, -0.2) is 32.2 Å². The van der Waals surface area contributed by atoms with Crippen LogP contribution in [0.3, 0.4) is 0 Å². The van der Waals surface area contributed by atoms with Crippen LogP contribution in [0.15, 0.2) is 36.4 Å². The number of esters is 1. The van der Waals surface area contributed by atoms with Crippen LogP contribution in [-0.2, 0) is 4.74 Å². The number of ether oxygens (including phenoxy) is 3. The number of hydrogen-bond acceptors (Lipinski definition) is 6. The lowest BCUT2D eigenvalue weighted by molar-refractivity contribution is -0.385. The molecule has 0 atom stereocenters. The van der Waals surface area contributed by atoms with Crippen molar-refractivity contribution < 1.29 is 37.1 Å². The lowest BCUT2D eigenvalue weighted by Crippen LogP contribution is -2.17. The van der Waals surface area contributed by atoms with Crippen molar-refractivity contribution in [3.8, 4) is 17.2 Å². The molecule has 2 aromatic rings. The summed E-state index contributed by atoms with van der Waals surface area (Å²) in [5.41, 5.74) is -0.737. The second-order valence-electron chi connectivity index (χ2n) is 4.78. The van der Waals surface area contributed by atoms with Gasteiger partial charge in [-0.3, -0.25) is 10.1 Å². The molecule has 0 aliphatic rings. The third-order valence-corrected chi connectivity index (χ3v) is 2.99. The number of benzene rings is 2. The van der Waals surface area contributed by atoms with E-state index in [0.717, 1.165) is 37.4 Å². The Bertz CT molecular complexity index is 856. The Labute approximate surface area is 145 Å². The molecule has 0 aliphatic heterocycles. The number of carbonyl (C=O) groups is 1. The van der Waals surface area contributed by atoms with Gasteiger partial charge in [-0.25, -0.2) is 4.79 Å². The molecule has 0 aliphatic carbocycles. The molecule has 0 saturated carbocycles. The highest BCUT2D eigenvalue weighted by molar-refractivity contribution is 6.32. The minimum atomic E-state index is -4.97. The van der Waals surface area contributed by atoms with Crippen LogP contribution in [0.1, 0.15) is 10.4 Å². The minimum Gasteiger partial charge on any atom is -0.465 e. The minimum absolute atomic E-state index is 0.141. The Balaban J connectivity index is 2.48. The van der Waals surface area contributed by atoms with Crippen LogP contribution in [0.2, 0.25) is 0 Å². The van der Waals surface area contributed by atoms with Gasteiger partial charge in [-0.15, -0.1) is 13.2 Å². The normalized spacial score (nSPS) is 10.9. The van der Waals surface area contributed by atoms with Gasteiger partial charge in [-0.2, -0.15) is 0 Å². The Morgan fingerprint density at radius 3 is 2.42 bits per heavy atom. The van der Waals surface area contributed by atoms with Crippen molar-refractivity contribution in [3.05, 3.63) is 52.1 Å². The fourth-order valence-electron chi connectivity index (χ4n) is 1.95. The molecule has 2 radical (unpaired) electrons. The predicted molar refractivity (Wildman–Crippen MR) is 83.0 cm³/mol. The Hall–Kier alpha value is -3.24. The van der Waals surface area contributed by atoms with E-state index in [9.17, 15) is 28.1 Å². The van der Waals surface area contributed by atoms with E-state index >= 15 is 0 Å². The van der Waals surface area contributed by atoms with Crippen LogP contribution in [0.25, 0.3) is 0 Å². The molecule has 2 aromatic carbocycles. The highest BCUT2D eigenvalue weighted by atomic mass is 19.4. The first-order chi connectivity index (χ1) is 12.1. The summed E-state index contributed by atoms with van der Waals surface area (Å²) in [6, 6.07) is 6.11. The topological polar surface area (TPSA) is 87.9 Å². The van der Waals surface area contributed by atoms with Gasteiger partial charge < -0.3 is 14.2 Å². The number of carbonyl (C=O) groups excluding carboxylic acids is 1. The zero-order valence-corrected chi connectivity index (χ0v) is 13.1. The van der Waals surface area contributed by atoms with Crippen molar-refractivity contribution in [2.24, 2.45) is 0 Å². The number of rotatable bonds is 5. The zero-order chi connectivity index (χ0) is 19.5. The van der Waals surface area contributed by atoms with Crippen molar-refractivity contribution in [2.75, 3.05) is 7.11 Å².